The van der Waals surface area contributed by atoms with Gasteiger partial charge in [-0.1, -0.05) is 41.4 Å². The van der Waals surface area contributed by atoms with E-state index in [9.17, 15) is 14.0 Å². The highest BCUT2D eigenvalue weighted by molar-refractivity contribution is 7.99. The highest BCUT2D eigenvalue weighted by atomic mass is 35.5. The molecule has 2 rings (SSSR count). The van der Waals surface area contributed by atoms with E-state index in [1.54, 1.807) is 37.3 Å². The Balaban J connectivity index is 2.11. The second kappa shape index (κ2) is 11.6. The third kappa shape index (κ3) is 7.18. The summed E-state index contributed by atoms with van der Waals surface area (Å²) in [6.07, 6.45) is 0. The van der Waals surface area contributed by atoms with Gasteiger partial charge in [0.05, 0.1) is 5.75 Å². The second-order valence-electron chi connectivity index (χ2n) is 7.18. The number of rotatable bonds is 9. The van der Waals surface area contributed by atoms with E-state index in [1.807, 2.05) is 19.9 Å². The third-order valence-corrected chi connectivity index (χ3v) is 5.91. The zero-order valence-corrected chi connectivity index (χ0v) is 19.5. The molecule has 162 valence electrons. The number of nitrogens with one attached hydrogen (secondary N) is 1. The van der Waals surface area contributed by atoms with Gasteiger partial charge in [0, 0.05) is 33.9 Å². The van der Waals surface area contributed by atoms with E-state index < -0.39 is 11.9 Å². The summed E-state index contributed by atoms with van der Waals surface area (Å²) >= 11 is 13.4. The van der Waals surface area contributed by atoms with Gasteiger partial charge in [-0.25, -0.2) is 4.39 Å². The topological polar surface area (TPSA) is 49.4 Å². The quantitative estimate of drug-likeness (QED) is 0.540. The minimum absolute atomic E-state index is 0.0411. The number of thioether (sulfide) groups is 1. The predicted molar refractivity (Wildman–Crippen MR) is 122 cm³/mol. The van der Waals surface area contributed by atoms with Crippen molar-refractivity contribution in [1.82, 2.24) is 10.2 Å². The number of hydrogen-bond acceptors (Lipinski definition) is 3. The largest absolute Gasteiger partial charge is 0.352 e. The van der Waals surface area contributed by atoms with Gasteiger partial charge in [-0.2, -0.15) is 0 Å². The molecule has 1 atom stereocenters. The maximum atomic E-state index is 14.0. The molecule has 0 aliphatic heterocycles. The summed E-state index contributed by atoms with van der Waals surface area (Å²) in [6.45, 7) is 5.66. The SMILES string of the molecule is CC(C)NC(=O)[C@H](C)N(Cc1cccc(Cl)c1)C(=O)CSCc1c(F)cccc1Cl. The molecule has 0 saturated carbocycles. The van der Waals surface area contributed by atoms with Crippen molar-refractivity contribution in [3.63, 3.8) is 0 Å². The van der Waals surface area contributed by atoms with Gasteiger partial charge in [-0.05, 0) is 50.6 Å². The van der Waals surface area contributed by atoms with Crippen molar-refractivity contribution in [3.05, 3.63) is 69.5 Å². The van der Waals surface area contributed by atoms with Gasteiger partial charge in [0.1, 0.15) is 11.9 Å². The molecule has 0 fully saturated rings. The fourth-order valence-electron chi connectivity index (χ4n) is 2.81. The fraction of sp³-hybridized carbons (Fsp3) is 0.364. The van der Waals surface area contributed by atoms with E-state index in [0.717, 1.165) is 5.56 Å². The molecule has 0 aliphatic carbocycles. The number of halogens is 3. The average molecular weight is 471 g/mol. The molecule has 8 heteroatoms. The maximum absolute atomic E-state index is 14.0. The zero-order valence-electron chi connectivity index (χ0n) is 17.1. The summed E-state index contributed by atoms with van der Waals surface area (Å²) in [5.74, 6) is -0.511. The Bertz CT molecular complexity index is 875. The van der Waals surface area contributed by atoms with Crippen LogP contribution in [0.4, 0.5) is 4.39 Å². The minimum Gasteiger partial charge on any atom is -0.352 e. The molecular formula is C22H25Cl2FN2O2S. The second-order valence-corrected chi connectivity index (χ2v) is 9.01. The van der Waals surface area contributed by atoms with Gasteiger partial charge in [-0.3, -0.25) is 9.59 Å². The number of hydrogen-bond donors (Lipinski definition) is 1. The first-order valence-electron chi connectivity index (χ1n) is 9.54. The predicted octanol–water partition coefficient (Wildman–Crippen LogP) is 5.31. The standard InChI is InChI=1S/C22H25Cl2FN2O2S/c1-14(2)26-22(29)15(3)27(11-16-6-4-7-17(23)10-16)21(28)13-30-12-18-19(24)8-5-9-20(18)25/h4-10,14-15H,11-13H2,1-3H3,(H,26,29)/t15-/m0/s1. The molecule has 2 aromatic rings. The summed E-state index contributed by atoms with van der Waals surface area (Å²) in [5.41, 5.74) is 1.19. The normalized spacial score (nSPS) is 12.0. The van der Waals surface area contributed by atoms with Crippen LogP contribution in [0.1, 0.15) is 31.9 Å². The molecule has 0 spiro atoms. The van der Waals surface area contributed by atoms with E-state index >= 15 is 0 Å². The lowest BCUT2D eigenvalue weighted by Gasteiger charge is -2.29. The Morgan fingerprint density at radius 1 is 1.13 bits per heavy atom. The van der Waals surface area contributed by atoms with Crippen LogP contribution in [-0.4, -0.2) is 34.6 Å². The molecule has 2 aromatic carbocycles. The van der Waals surface area contributed by atoms with Crippen LogP contribution in [0.2, 0.25) is 10.0 Å². The molecular weight excluding hydrogens is 446 g/mol. The molecule has 0 saturated heterocycles. The van der Waals surface area contributed by atoms with E-state index in [2.05, 4.69) is 5.32 Å². The summed E-state index contributed by atoms with van der Waals surface area (Å²) < 4.78 is 14.0. The Hall–Kier alpha value is -1.76. The molecule has 0 aromatic heterocycles. The van der Waals surface area contributed by atoms with Crippen molar-refractivity contribution in [2.75, 3.05) is 5.75 Å². The summed E-state index contributed by atoms with van der Waals surface area (Å²) in [4.78, 5) is 27.0. The first kappa shape index (κ1) is 24.5. The van der Waals surface area contributed by atoms with Crippen molar-refractivity contribution < 1.29 is 14.0 Å². The third-order valence-electron chi connectivity index (χ3n) is 4.37. The Morgan fingerprint density at radius 3 is 2.47 bits per heavy atom. The highest BCUT2D eigenvalue weighted by Gasteiger charge is 2.26. The van der Waals surface area contributed by atoms with E-state index in [1.165, 1.54) is 22.7 Å². The van der Waals surface area contributed by atoms with Crippen LogP contribution in [0.15, 0.2) is 42.5 Å². The van der Waals surface area contributed by atoms with Crippen molar-refractivity contribution in [2.24, 2.45) is 0 Å². The number of nitrogens with zero attached hydrogens (tertiary/aromatic N) is 1. The smallest absolute Gasteiger partial charge is 0.242 e. The van der Waals surface area contributed by atoms with Crippen molar-refractivity contribution in [3.8, 4) is 0 Å². The lowest BCUT2D eigenvalue weighted by atomic mass is 10.1. The fourth-order valence-corrected chi connectivity index (χ4v) is 4.28. The van der Waals surface area contributed by atoms with Crippen molar-refractivity contribution >= 4 is 46.8 Å². The van der Waals surface area contributed by atoms with Gasteiger partial charge >= 0.3 is 0 Å². The number of carbonyl (C=O) groups is 2. The zero-order chi connectivity index (χ0) is 22.3. The number of amides is 2. The summed E-state index contributed by atoms with van der Waals surface area (Å²) in [5, 5.41) is 3.73. The summed E-state index contributed by atoms with van der Waals surface area (Å²) in [6, 6.07) is 11.0. The molecule has 2 amide bonds. The lowest BCUT2D eigenvalue weighted by Crippen LogP contribution is -2.49. The van der Waals surface area contributed by atoms with Gasteiger partial charge in [0.2, 0.25) is 11.8 Å². The number of benzene rings is 2. The van der Waals surface area contributed by atoms with Crippen molar-refractivity contribution in [2.45, 2.75) is 45.2 Å². The molecule has 0 bridgehead atoms. The van der Waals surface area contributed by atoms with Crippen molar-refractivity contribution in [1.29, 1.82) is 0 Å². The molecule has 0 radical (unpaired) electrons. The van der Waals surface area contributed by atoms with Gasteiger partial charge in [-0.15, -0.1) is 11.8 Å². The van der Waals surface area contributed by atoms with Crippen LogP contribution in [-0.2, 0) is 21.9 Å². The summed E-state index contributed by atoms with van der Waals surface area (Å²) in [7, 11) is 0. The van der Waals surface area contributed by atoms with Gasteiger partial charge in [0.25, 0.3) is 0 Å². The van der Waals surface area contributed by atoms with E-state index in [-0.39, 0.29) is 35.9 Å². The van der Waals surface area contributed by atoms with Gasteiger partial charge < -0.3 is 10.2 Å². The average Bonchev–Trinajstić information content (AvgIpc) is 2.67. The lowest BCUT2D eigenvalue weighted by molar-refractivity contribution is -0.138. The van der Waals surface area contributed by atoms with Gasteiger partial charge in [0.15, 0.2) is 0 Å². The van der Waals surface area contributed by atoms with Crippen LogP contribution in [0, 0.1) is 5.82 Å². The van der Waals surface area contributed by atoms with Crippen LogP contribution in [0.5, 0.6) is 0 Å². The number of carbonyl (C=O) groups excluding carboxylic acids is 2. The molecule has 0 unspecified atom stereocenters. The van der Waals surface area contributed by atoms with Crippen LogP contribution >= 0.6 is 35.0 Å². The Labute approximate surface area is 191 Å². The van der Waals surface area contributed by atoms with Crippen LogP contribution in [0.25, 0.3) is 0 Å². The first-order valence-corrected chi connectivity index (χ1v) is 11.4. The monoisotopic (exact) mass is 470 g/mol. The maximum Gasteiger partial charge on any atom is 0.242 e. The Morgan fingerprint density at radius 2 is 1.83 bits per heavy atom. The van der Waals surface area contributed by atoms with E-state index in [4.69, 9.17) is 23.2 Å². The van der Waals surface area contributed by atoms with Crippen LogP contribution < -0.4 is 5.32 Å². The van der Waals surface area contributed by atoms with E-state index in [0.29, 0.717) is 15.6 Å². The highest BCUT2D eigenvalue weighted by Crippen LogP contribution is 2.24. The molecule has 30 heavy (non-hydrogen) atoms. The molecule has 0 aliphatic rings. The first-order chi connectivity index (χ1) is 14.2. The minimum atomic E-state index is -0.670. The molecule has 4 nitrogen and oxygen atoms in total. The Kier molecular flexibility index (Phi) is 9.46. The molecule has 1 N–H and O–H groups in total. The van der Waals surface area contributed by atoms with Crippen LogP contribution in [0.3, 0.4) is 0 Å². The molecule has 0 heterocycles.